The van der Waals surface area contributed by atoms with Crippen LogP contribution >= 0.6 is 0 Å². The van der Waals surface area contributed by atoms with Gasteiger partial charge in [0.05, 0.1) is 19.8 Å². The summed E-state index contributed by atoms with van der Waals surface area (Å²) in [5, 5.41) is 14.4. The smallest absolute Gasteiger partial charge is 0.407 e. The molecule has 2 aromatic rings. The summed E-state index contributed by atoms with van der Waals surface area (Å²) in [6.45, 7) is 2.12. The van der Waals surface area contributed by atoms with Crippen LogP contribution in [0.2, 0.25) is 0 Å². The van der Waals surface area contributed by atoms with Crippen molar-refractivity contribution in [3.05, 3.63) is 59.7 Å². The third-order valence-electron chi connectivity index (χ3n) is 4.52. The molecule has 0 radical (unpaired) electrons. The third-order valence-corrected chi connectivity index (χ3v) is 4.52. The second kappa shape index (κ2) is 7.66. The number of benzene rings is 2. The van der Waals surface area contributed by atoms with Crippen molar-refractivity contribution in [2.45, 2.75) is 25.0 Å². The number of hydrogen-bond acceptors (Lipinski definition) is 5. The molecule has 1 heterocycles. The second-order valence-electron chi connectivity index (χ2n) is 6.18. The molecule has 2 N–H and O–H groups in total. The number of methoxy groups -OCH3 is 1. The van der Waals surface area contributed by atoms with Gasteiger partial charge in [-0.15, -0.1) is 0 Å². The summed E-state index contributed by atoms with van der Waals surface area (Å²) < 4.78 is 16.0. The molecule has 1 amide bonds. The minimum Gasteiger partial charge on any atom is -0.497 e. The zero-order chi connectivity index (χ0) is 18.6. The molecule has 0 bridgehead atoms. The van der Waals surface area contributed by atoms with Crippen LogP contribution in [0.3, 0.4) is 0 Å². The number of aliphatic hydroxyl groups is 1. The van der Waals surface area contributed by atoms with Gasteiger partial charge >= 0.3 is 6.09 Å². The molecule has 1 aliphatic heterocycles. The van der Waals surface area contributed by atoms with Crippen LogP contribution in [0.25, 0.3) is 0 Å². The van der Waals surface area contributed by atoms with Crippen molar-refractivity contribution in [1.29, 1.82) is 0 Å². The van der Waals surface area contributed by atoms with E-state index in [2.05, 4.69) is 5.32 Å². The molecule has 0 aliphatic carbocycles. The fraction of sp³-hybridized carbons (Fsp3) is 0.350. The predicted molar refractivity (Wildman–Crippen MR) is 96.5 cm³/mol. The van der Waals surface area contributed by atoms with E-state index in [1.54, 1.807) is 32.2 Å². The van der Waals surface area contributed by atoms with Gasteiger partial charge in [0.15, 0.2) is 0 Å². The lowest BCUT2D eigenvalue weighted by atomic mass is 9.79. The quantitative estimate of drug-likeness (QED) is 0.860. The number of hydrogen-bond donors (Lipinski definition) is 2. The molecule has 26 heavy (non-hydrogen) atoms. The Labute approximate surface area is 152 Å². The topological polar surface area (TPSA) is 77.0 Å². The van der Waals surface area contributed by atoms with E-state index in [0.29, 0.717) is 23.5 Å². The SMILES string of the molecule is CCOC(=O)NC1COc2ccc(OC)cc2C1(O)Cc1ccccc1. The summed E-state index contributed by atoms with van der Waals surface area (Å²) in [5.41, 5.74) is 0.158. The van der Waals surface area contributed by atoms with E-state index in [9.17, 15) is 9.90 Å². The van der Waals surface area contributed by atoms with Crippen molar-refractivity contribution in [2.75, 3.05) is 20.3 Å². The van der Waals surface area contributed by atoms with E-state index >= 15 is 0 Å². The number of alkyl carbamates (subject to hydrolysis) is 1. The maximum Gasteiger partial charge on any atom is 0.407 e. The van der Waals surface area contributed by atoms with E-state index in [0.717, 1.165) is 5.56 Å². The van der Waals surface area contributed by atoms with Gasteiger partial charge in [-0.3, -0.25) is 0 Å². The maximum absolute atomic E-state index is 12.0. The molecular weight excluding hydrogens is 334 g/mol. The van der Waals surface area contributed by atoms with Gasteiger partial charge in [-0.1, -0.05) is 30.3 Å². The first-order chi connectivity index (χ1) is 12.6. The van der Waals surface area contributed by atoms with Crippen molar-refractivity contribution < 1.29 is 24.1 Å². The molecule has 0 spiro atoms. The van der Waals surface area contributed by atoms with Gasteiger partial charge in [0.1, 0.15) is 23.7 Å². The second-order valence-corrected chi connectivity index (χ2v) is 6.18. The van der Waals surface area contributed by atoms with Gasteiger partial charge in [-0.25, -0.2) is 4.79 Å². The molecule has 6 nitrogen and oxygen atoms in total. The lowest BCUT2D eigenvalue weighted by Crippen LogP contribution is -2.57. The normalized spacial score (nSPS) is 21.3. The molecule has 138 valence electrons. The summed E-state index contributed by atoms with van der Waals surface area (Å²) in [7, 11) is 1.57. The Bertz CT molecular complexity index is 764. The average Bonchev–Trinajstić information content (AvgIpc) is 2.65. The number of nitrogens with one attached hydrogen (secondary N) is 1. The zero-order valence-electron chi connectivity index (χ0n) is 14.9. The summed E-state index contributed by atoms with van der Waals surface area (Å²) in [6, 6.07) is 14.3. The number of rotatable bonds is 5. The molecular formula is C20H23NO5. The number of fused-ring (bicyclic) bond motifs is 1. The number of amides is 1. The first-order valence-corrected chi connectivity index (χ1v) is 8.57. The lowest BCUT2D eigenvalue weighted by molar-refractivity contribution is -0.0352. The molecule has 0 saturated heterocycles. The summed E-state index contributed by atoms with van der Waals surface area (Å²) >= 11 is 0. The van der Waals surface area contributed by atoms with Crippen molar-refractivity contribution in [1.82, 2.24) is 5.32 Å². The minimum atomic E-state index is -1.36. The Morgan fingerprint density at radius 3 is 2.77 bits per heavy atom. The summed E-state index contributed by atoms with van der Waals surface area (Å²) in [5.74, 6) is 1.18. The van der Waals surface area contributed by atoms with Gasteiger partial charge in [0.25, 0.3) is 0 Å². The molecule has 1 aliphatic rings. The van der Waals surface area contributed by atoms with E-state index in [4.69, 9.17) is 14.2 Å². The number of ether oxygens (including phenoxy) is 3. The van der Waals surface area contributed by atoms with Crippen molar-refractivity contribution >= 4 is 6.09 Å². The maximum atomic E-state index is 12.0. The fourth-order valence-corrected chi connectivity index (χ4v) is 3.20. The standard InChI is InChI=1S/C20H23NO5/c1-3-25-19(22)21-18-13-26-17-10-9-15(24-2)11-16(17)20(18,23)12-14-7-5-4-6-8-14/h4-11,18,23H,3,12-13H2,1-2H3,(H,21,22). The zero-order valence-corrected chi connectivity index (χ0v) is 14.9. The van der Waals surface area contributed by atoms with E-state index in [1.165, 1.54) is 0 Å². The Morgan fingerprint density at radius 2 is 2.08 bits per heavy atom. The Kier molecular flexibility index (Phi) is 5.32. The fourth-order valence-electron chi connectivity index (χ4n) is 3.20. The molecule has 0 saturated carbocycles. The average molecular weight is 357 g/mol. The highest BCUT2D eigenvalue weighted by Gasteiger charge is 2.45. The van der Waals surface area contributed by atoms with Crippen LogP contribution in [0.5, 0.6) is 11.5 Å². The van der Waals surface area contributed by atoms with Crippen LogP contribution in [0.15, 0.2) is 48.5 Å². The lowest BCUT2D eigenvalue weighted by Gasteiger charge is -2.41. The molecule has 3 rings (SSSR count). The Morgan fingerprint density at radius 1 is 1.31 bits per heavy atom. The highest BCUT2D eigenvalue weighted by molar-refractivity contribution is 5.68. The van der Waals surface area contributed by atoms with Crippen LogP contribution in [0.1, 0.15) is 18.1 Å². The Balaban J connectivity index is 2.00. The first kappa shape index (κ1) is 18.1. The monoisotopic (exact) mass is 357 g/mol. The molecule has 0 aromatic heterocycles. The highest BCUT2D eigenvalue weighted by Crippen LogP contribution is 2.41. The molecule has 0 fully saturated rings. The number of carbonyl (C=O) groups excluding carboxylic acids is 1. The minimum absolute atomic E-state index is 0.140. The van der Waals surface area contributed by atoms with E-state index in [1.807, 2.05) is 30.3 Å². The molecule has 2 atom stereocenters. The number of carbonyl (C=O) groups is 1. The van der Waals surface area contributed by atoms with Crippen molar-refractivity contribution in [2.24, 2.45) is 0 Å². The molecule has 6 heteroatoms. The largest absolute Gasteiger partial charge is 0.497 e. The molecule has 2 unspecified atom stereocenters. The van der Waals surface area contributed by atoms with Gasteiger partial charge < -0.3 is 24.6 Å². The summed E-state index contributed by atoms with van der Waals surface area (Å²) in [6.07, 6.45) is -0.270. The Hall–Kier alpha value is -2.73. The van der Waals surface area contributed by atoms with Crippen LogP contribution in [0.4, 0.5) is 4.79 Å². The highest BCUT2D eigenvalue weighted by atomic mass is 16.5. The van der Waals surface area contributed by atoms with Gasteiger partial charge in [0, 0.05) is 12.0 Å². The molecule has 2 aromatic carbocycles. The van der Waals surface area contributed by atoms with Crippen molar-refractivity contribution in [3.8, 4) is 11.5 Å². The van der Waals surface area contributed by atoms with Gasteiger partial charge in [-0.05, 0) is 30.7 Å². The predicted octanol–water partition coefficient (Wildman–Crippen LogP) is 2.63. The van der Waals surface area contributed by atoms with Crippen LogP contribution < -0.4 is 14.8 Å². The van der Waals surface area contributed by atoms with Crippen molar-refractivity contribution in [3.63, 3.8) is 0 Å². The first-order valence-electron chi connectivity index (χ1n) is 8.57. The van der Waals surface area contributed by atoms with Gasteiger partial charge in [-0.2, -0.15) is 0 Å². The van der Waals surface area contributed by atoms with Crippen LogP contribution in [-0.4, -0.2) is 37.6 Å². The van der Waals surface area contributed by atoms with E-state index < -0.39 is 17.7 Å². The summed E-state index contributed by atoms with van der Waals surface area (Å²) in [4.78, 5) is 12.0. The van der Waals surface area contributed by atoms with Crippen LogP contribution in [-0.2, 0) is 16.8 Å². The van der Waals surface area contributed by atoms with Crippen LogP contribution in [0, 0.1) is 0 Å². The van der Waals surface area contributed by atoms with E-state index in [-0.39, 0.29) is 13.2 Å². The third kappa shape index (κ3) is 3.60. The van der Waals surface area contributed by atoms with Gasteiger partial charge in [0.2, 0.25) is 0 Å².